The number of ether oxygens (including phenoxy) is 2. The summed E-state index contributed by atoms with van der Waals surface area (Å²) in [5.41, 5.74) is 3.06. The maximum atomic E-state index is 13.1. The van der Waals surface area contributed by atoms with Crippen molar-refractivity contribution < 1.29 is 19.1 Å². The molecule has 3 heterocycles. The van der Waals surface area contributed by atoms with Crippen LogP contribution in [0.5, 0.6) is 17.2 Å². The van der Waals surface area contributed by atoms with Gasteiger partial charge < -0.3 is 20.1 Å². The van der Waals surface area contributed by atoms with Crippen molar-refractivity contribution in [2.75, 3.05) is 25.0 Å². The molecule has 0 unspecified atom stereocenters. The average molecular weight is 541 g/mol. The number of nitrogens with one attached hydrogen (secondary N) is 2. The van der Waals surface area contributed by atoms with Crippen LogP contribution in [0.3, 0.4) is 0 Å². The fraction of sp³-hybridized carbons (Fsp3) is 0.233. The van der Waals surface area contributed by atoms with E-state index in [4.69, 9.17) is 9.47 Å². The Morgan fingerprint density at radius 1 is 1.13 bits per heavy atom. The zero-order chi connectivity index (χ0) is 26.9. The molecule has 0 bridgehead atoms. The van der Waals surface area contributed by atoms with Crippen molar-refractivity contribution >= 4 is 28.8 Å². The highest BCUT2D eigenvalue weighted by Gasteiger charge is 2.27. The topological polar surface area (TPSA) is 92.8 Å². The first-order chi connectivity index (χ1) is 19.0. The van der Waals surface area contributed by atoms with E-state index in [1.54, 1.807) is 43.5 Å². The lowest BCUT2D eigenvalue weighted by Gasteiger charge is -2.38. The van der Waals surface area contributed by atoms with Crippen LogP contribution in [0.4, 0.5) is 5.69 Å². The summed E-state index contributed by atoms with van der Waals surface area (Å²) in [4.78, 5) is 33.6. The van der Waals surface area contributed by atoms with E-state index in [2.05, 4.69) is 27.4 Å². The van der Waals surface area contributed by atoms with Crippen molar-refractivity contribution in [3.63, 3.8) is 0 Å². The largest absolute Gasteiger partial charge is 0.488 e. The van der Waals surface area contributed by atoms with Crippen LogP contribution in [-0.2, 0) is 6.54 Å². The van der Waals surface area contributed by atoms with Crippen LogP contribution in [0.2, 0.25) is 0 Å². The number of fused-ring (bicyclic) bond motifs is 2. The number of hydrogen-bond donors (Lipinski definition) is 2. The van der Waals surface area contributed by atoms with Crippen molar-refractivity contribution in [3.8, 4) is 27.8 Å². The third-order valence-electron chi connectivity index (χ3n) is 7.01. The summed E-state index contributed by atoms with van der Waals surface area (Å²) in [6, 6.07) is 18.5. The van der Waals surface area contributed by atoms with E-state index in [1.807, 2.05) is 30.3 Å². The molecular weight excluding hydrogens is 512 g/mol. The molecular formula is C30H28N4O4S. The Bertz CT molecular complexity index is 1540. The number of likely N-dealkylation sites (N-methyl/N-ethyl adjacent to an activating group) is 1. The van der Waals surface area contributed by atoms with E-state index in [0.717, 1.165) is 40.8 Å². The van der Waals surface area contributed by atoms with Crippen molar-refractivity contribution in [1.82, 2.24) is 15.2 Å². The number of thiazole rings is 1. The standard InChI is InChI=1S/C30H28N4O4S/c1-3-34-16-21(17-34)37-20-10-8-19(9-11-20)30-32-15-22(39-30)14-31-28(35)23-12-13-26-27(18(23)2)33-29(36)24-6-4-5-7-25(24)38-26/h4-13,15,21H,3,14,16-17H2,1-2H3,(H,31,35)(H,33,36). The van der Waals surface area contributed by atoms with Crippen molar-refractivity contribution in [3.05, 3.63) is 88.4 Å². The van der Waals surface area contributed by atoms with Gasteiger partial charge in [0.15, 0.2) is 5.75 Å². The first-order valence-electron chi connectivity index (χ1n) is 12.9. The maximum absolute atomic E-state index is 13.1. The predicted octanol–water partition coefficient (Wildman–Crippen LogP) is 5.49. The number of likely N-dealkylation sites (tertiary alicyclic amines) is 1. The third kappa shape index (κ3) is 5.10. The summed E-state index contributed by atoms with van der Waals surface area (Å²) in [5, 5.41) is 6.76. The van der Waals surface area contributed by atoms with Gasteiger partial charge in [0.05, 0.1) is 17.8 Å². The maximum Gasteiger partial charge on any atom is 0.259 e. The fourth-order valence-electron chi connectivity index (χ4n) is 4.72. The van der Waals surface area contributed by atoms with Gasteiger partial charge in [0, 0.05) is 35.3 Å². The highest BCUT2D eigenvalue weighted by Crippen LogP contribution is 2.38. The zero-order valence-corrected chi connectivity index (χ0v) is 22.5. The Balaban J connectivity index is 1.09. The van der Waals surface area contributed by atoms with Crippen LogP contribution < -0.4 is 20.1 Å². The smallest absolute Gasteiger partial charge is 0.259 e. The Hall–Kier alpha value is -4.21. The van der Waals surface area contributed by atoms with E-state index < -0.39 is 0 Å². The zero-order valence-electron chi connectivity index (χ0n) is 21.7. The van der Waals surface area contributed by atoms with Gasteiger partial charge in [-0.2, -0.15) is 0 Å². The van der Waals surface area contributed by atoms with Gasteiger partial charge >= 0.3 is 0 Å². The molecule has 6 rings (SSSR count). The highest BCUT2D eigenvalue weighted by molar-refractivity contribution is 7.15. The number of para-hydroxylation sites is 1. The summed E-state index contributed by atoms with van der Waals surface area (Å²) < 4.78 is 12.0. The number of rotatable bonds is 7. The monoisotopic (exact) mass is 540 g/mol. The van der Waals surface area contributed by atoms with E-state index in [-0.39, 0.29) is 17.9 Å². The lowest BCUT2D eigenvalue weighted by Crippen LogP contribution is -2.53. The van der Waals surface area contributed by atoms with Crippen LogP contribution in [0.15, 0.2) is 66.9 Å². The number of anilines is 1. The molecule has 1 saturated heterocycles. The fourth-order valence-corrected chi connectivity index (χ4v) is 5.58. The number of benzene rings is 3. The molecule has 4 aromatic rings. The summed E-state index contributed by atoms with van der Waals surface area (Å²) in [6.45, 7) is 7.31. The number of nitrogens with zero attached hydrogens (tertiary/aromatic N) is 2. The molecule has 0 aliphatic carbocycles. The van der Waals surface area contributed by atoms with E-state index in [9.17, 15) is 9.59 Å². The number of carbonyl (C=O) groups excluding carboxylic acids is 2. The molecule has 1 aromatic heterocycles. The first-order valence-corrected chi connectivity index (χ1v) is 13.7. The number of hydrogen-bond acceptors (Lipinski definition) is 7. The van der Waals surface area contributed by atoms with Gasteiger partial charge in [-0.05, 0) is 67.6 Å². The second-order valence-corrected chi connectivity index (χ2v) is 10.7. The van der Waals surface area contributed by atoms with Crippen LogP contribution >= 0.6 is 11.3 Å². The van der Waals surface area contributed by atoms with Gasteiger partial charge in [-0.15, -0.1) is 11.3 Å². The third-order valence-corrected chi connectivity index (χ3v) is 8.06. The van der Waals surface area contributed by atoms with Crippen LogP contribution in [0, 0.1) is 6.92 Å². The minimum atomic E-state index is -0.270. The van der Waals surface area contributed by atoms with Crippen LogP contribution in [0.25, 0.3) is 10.6 Å². The molecule has 0 atom stereocenters. The van der Waals surface area contributed by atoms with Gasteiger partial charge in [0.2, 0.25) is 0 Å². The Labute approximate surface area is 230 Å². The molecule has 2 N–H and O–H groups in total. The van der Waals surface area contributed by atoms with Gasteiger partial charge in [-0.1, -0.05) is 19.1 Å². The molecule has 198 valence electrons. The van der Waals surface area contributed by atoms with E-state index in [0.29, 0.717) is 40.4 Å². The summed E-state index contributed by atoms with van der Waals surface area (Å²) in [6.07, 6.45) is 2.04. The quantitative estimate of drug-likeness (QED) is 0.322. The molecule has 3 aromatic carbocycles. The molecule has 0 spiro atoms. The normalized spacial score (nSPS) is 14.8. The summed E-state index contributed by atoms with van der Waals surface area (Å²) >= 11 is 1.53. The molecule has 9 heteroatoms. The minimum absolute atomic E-state index is 0.236. The minimum Gasteiger partial charge on any atom is -0.488 e. The Kier molecular flexibility index (Phi) is 6.76. The first kappa shape index (κ1) is 25.1. The SMILES string of the molecule is CCN1CC(Oc2ccc(-c3ncc(CNC(=O)c4ccc5c(c4C)NC(=O)c4ccccc4O5)s3)cc2)C1. The predicted molar refractivity (Wildman–Crippen MR) is 151 cm³/mol. The second-order valence-electron chi connectivity index (χ2n) is 9.59. The Morgan fingerprint density at radius 2 is 1.92 bits per heavy atom. The second kappa shape index (κ2) is 10.5. The molecule has 2 aliphatic heterocycles. The molecule has 2 aliphatic rings. The lowest BCUT2D eigenvalue weighted by molar-refractivity contribution is 0.0238. The summed E-state index contributed by atoms with van der Waals surface area (Å²) in [5.74, 6) is 1.34. The molecule has 1 fully saturated rings. The summed E-state index contributed by atoms with van der Waals surface area (Å²) in [7, 11) is 0. The molecule has 8 nitrogen and oxygen atoms in total. The molecule has 39 heavy (non-hydrogen) atoms. The molecule has 0 radical (unpaired) electrons. The van der Waals surface area contributed by atoms with Crippen molar-refractivity contribution in [2.24, 2.45) is 0 Å². The Morgan fingerprint density at radius 3 is 2.72 bits per heavy atom. The molecule has 2 amide bonds. The van der Waals surface area contributed by atoms with Gasteiger partial charge in [0.25, 0.3) is 11.8 Å². The highest BCUT2D eigenvalue weighted by atomic mass is 32.1. The van der Waals surface area contributed by atoms with Crippen LogP contribution in [-0.4, -0.2) is 47.4 Å². The lowest BCUT2D eigenvalue weighted by atomic mass is 10.0. The van der Waals surface area contributed by atoms with Crippen LogP contribution in [0.1, 0.15) is 38.1 Å². The molecule has 0 saturated carbocycles. The van der Waals surface area contributed by atoms with Crippen molar-refractivity contribution in [2.45, 2.75) is 26.5 Å². The average Bonchev–Trinajstić information content (AvgIpc) is 3.35. The number of aromatic nitrogens is 1. The van der Waals surface area contributed by atoms with Crippen molar-refractivity contribution in [1.29, 1.82) is 0 Å². The number of amides is 2. The number of carbonyl (C=O) groups is 2. The van der Waals surface area contributed by atoms with E-state index in [1.165, 1.54) is 11.3 Å². The van der Waals surface area contributed by atoms with Gasteiger partial charge in [-0.25, -0.2) is 4.98 Å². The van der Waals surface area contributed by atoms with E-state index >= 15 is 0 Å². The van der Waals surface area contributed by atoms with Gasteiger partial charge in [0.1, 0.15) is 22.6 Å². The van der Waals surface area contributed by atoms with Gasteiger partial charge in [-0.3, -0.25) is 14.5 Å².